The van der Waals surface area contributed by atoms with Gasteiger partial charge in [-0.2, -0.15) is 0 Å². The molecule has 1 aromatic rings. The van der Waals surface area contributed by atoms with Gasteiger partial charge in [0.05, 0.1) is 11.5 Å². The predicted octanol–water partition coefficient (Wildman–Crippen LogP) is 2.06. The van der Waals surface area contributed by atoms with Crippen LogP contribution >= 0.6 is 0 Å². The van der Waals surface area contributed by atoms with E-state index in [1.165, 1.54) is 0 Å². The monoisotopic (exact) mass is 338 g/mol. The van der Waals surface area contributed by atoms with Gasteiger partial charge in [-0.05, 0) is 30.4 Å². The van der Waals surface area contributed by atoms with Crippen molar-refractivity contribution in [3.63, 3.8) is 0 Å². The van der Waals surface area contributed by atoms with E-state index in [9.17, 15) is 13.2 Å². The number of hydrogen-bond acceptors (Lipinski definition) is 4. The molecule has 1 saturated heterocycles. The van der Waals surface area contributed by atoms with Crippen molar-refractivity contribution < 1.29 is 13.2 Å². The summed E-state index contributed by atoms with van der Waals surface area (Å²) in [5, 5.41) is 6.37. The Morgan fingerprint density at radius 2 is 1.96 bits per heavy atom. The largest absolute Gasteiger partial charge is 0.380 e. The molecule has 0 spiro atoms. The number of rotatable bonds is 7. The number of carbonyl (C=O) groups is 1. The fraction of sp³-hybridized carbons (Fsp3) is 0.588. The zero-order valence-corrected chi connectivity index (χ0v) is 14.6. The Balaban J connectivity index is 1.80. The van der Waals surface area contributed by atoms with E-state index in [0.29, 0.717) is 25.3 Å². The maximum atomic E-state index is 12.1. The van der Waals surface area contributed by atoms with Crippen LogP contribution in [0.4, 0.5) is 5.69 Å². The summed E-state index contributed by atoms with van der Waals surface area (Å²) >= 11 is 0. The Kier molecular flexibility index (Phi) is 6.04. The summed E-state index contributed by atoms with van der Waals surface area (Å²) in [4.78, 5) is 12.1. The average molecular weight is 338 g/mol. The highest BCUT2D eigenvalue weighted by Crippen LogP contribution is 2.21. The lowest BCUT2D eigenvalue weighted by atomic mass is 10.0. The minimum atomic E-state index is -2.92. The maximum absolute atomic E-state index is 12.1. The van der Waals surface area contributed by atoms with E-state index in [2.05, 4.69) is 24.5 Å². The van der Waals surface area contributed by atoms with Crippen molar-refractivity contribution in [3.05, 3.63) is 30.3 Å². The smallest absolute Gasteiger partial charge is 0.220 e. The third kappa shape index (κ3) is 5.86. The standard InChI is InChI=1S/C17H26N2O3S/c1-13(2)16(19-15-6-4-3-5-7-15)11-18-17(20)10-14-8-9-23(21,22)12-14/h3-7,13-14,16,19H,8-12H2,1-2H3,(H,18,20). The number of benzene rings is 1. The normalized spacial score (nSPS) is 21.1. The van der Waals surface area contributed by atoms with Crippen LogP contribution in [-0.4, -0.2) is 38.4 Å². The fourth-order valence-corrected chi connectivity index (χ4v) is 4.65. The zero-order valence-electron chi connectivity index (χ0n) is 13.8. The number of sulfone groups is 1. The van der Waals surface area contributed by atoms with Crippen molar-refractivity contribution in [1.82, 2.24) is 5.32 Å². The van der Waals surface area contributed by atoms with Crippen LogP contribution < -0.4 is 10.6 Å². The molecular weight excluding hydrogens is 312 g/mol. The summed E-state index contributed by atoms with van der Waals surface area (Å²) in [7, 11) is -2.92. The van der Waals surface area contributed by atoms with Crippen LogP contribution in [-0.2, 0) is 14.6 Å². The van der Waals surface area contributed by atoms with Crippen LogP contribution in [0.25, 0.3) is 0 Å². The summed E-state index contributed by atoms with van der Waals surface area (Å²) < 4.78 is 22.9. The second-order valence-corrected chi connectivity index (χ2v) is 8.87. The summed E-state index contributed by atoms with van der Waals surface area (Å²) in [6.45, 7) is 4.75. The van der Waals surface area contributed by atoms with Gasteiger partial charge >= 0.3 is 0 Å². The third-order valence-electron chi connectivity index (χ3n) is 4.25. The van der Waals surface area contributed by atoms with Crippen LogP contribution in [0.3, 0.4) is 0 Å². The molecule has 2 N–H and O–H groups in total. The summed E-state index contributed by atoms with van der Waals surface area (Å²) in [5.74, 6) is 0.639. The molecule has 1 aromatic carbocycles. The Bertz CT molecular complexity index is 614. The second kappa shape index (κ2) is 7.81. The van der Waals surface area contributed by atoms with Crippen molar-refractivity contribution in [2.75, 3.05) is 23.4 Å². The maximum Gasteiger partial charge on any atom is 0.220 e. The van der Waals surface area contributed by atoms with E-state index in [0.717, 1.165) is 5.69 Å². The quantitative estimate of drug-likeness (QED) is 0.798. The molecule has 5 nitrogen and oxygen atoms in total. The van der Waals surface area contributed by atoms with Gasteiger partial charge in [0.1, 0.15) is 0 Å². The summed E-state index contributed by atoms with van der Waals surface area (Å²) in [5.41, 5.74) is 1.03. The highest BCUT2D eigenvalue weighted by Gasteiger charge is 2.29. The first-order chi connectivity index (χ1) is 10.9. The zero-order chi connectivity index (χ0) is 16.9. The Morgan fingerprint density at radius 3 is 2.52 bits per heavy atom. The molecule has 6 heteroatoms. The Hall–Kier alpha value is -1.56. The summed E-state index contributed by atoms with van der Waals surface area (Å²) in [6, 6.07) is 10.0. The van der Waals surface area contributed by atoms with Crippen LogP contribution in [0.2, 0.25) is 0 Å². The molecule has 0 bridgehead atoms. The fourth-order valence-electron chi connectivity index (χ4n) is 2.79. The van der Waals surface area contributed by atoms with Crippen LogP contribution in [0, 0.1) is 11.8 Å². The highest BCUT2D eigenvalue weighted by molar-refractivity contribution is 7.91. The van der Waals surface area contributed by atoms with Crippen molar-refractivity contribution in [3.8, 4) is 0 Å². The molecule has 1 aliphatic heterocycles. The molecule has 2 atom stereocenters. The van der Waals surface area contributed by atoms with Gasteiger partial charge < -0.3 is 10.6 Å². The molecule has 0 aliphatic carbocycles. The molecule has 1 heterocycles. The lowest BCUT2D eigenvalue weighted by Crippen LogP contribution is -2.40. The minimum Gasteiger partial charge on any atom is -0.380 e. The topological polar surface area (TPSA) is 75.3 Å². The van der Waals surface area contributed by atoms with Gasteiger partial charge in [0.25, 0.3) is 0 Å². The number of carbonyl (C=O) groups excluding carboxylic acids is 1. The first-order valence-corrected chi connectivity index (χ1v) is 9.96. The van der Waals surface area contributed by atoms with Gasteiger partial charge in [-0.3, -0.25) is 4.79 Å². The van der Waals surface area contributed by atoms with Crippen LogP contribution in [0.15, 0.2) is 30.3 Å². The number of anilines is 1. The minimum absolute atomic E-state index is 0.0282. The van der Waals surface area contributed by atoms with Crippen LogP contribution in [0.1, 0.15) is 26.7 Å². The SMILES string of the molecule is CC(C)C(CNC(=O)CC1CCS(=O)(=O)C1)Nc1ccccc1. The molecule has 1 aliphatic rings. The van der Waals surface area contributed by atoms with E-state index in [1.807, 2.05) is 30.3 Å². The Morgan fingerprint density at radius 1 is 1.26 bits per heavy atom. The van der Waals surface area contributed by atoms with Gasteiger partial charge in [-0.15, -0.1) is 0 Å². The van der Waals surface area contributed by atoms with E-state index >= 15 is 0 Å². The van der Waals surface area contributed by atoms with Gasteiger partial charge in [0, 0.05) is 24.7 Å². The van der Waals surface area contributed by atoms with Crippen LogP contribution in [0.5, 0.6) is 0 Å². The number of para-hydroxylation sites is 1. The molecular formula is C17H26N2O3S. The lowest BCUT2D eigenvalue weighted by Gasteiger charge is -2.24. The molecule has 1 fully saturated rings. The van der Waals surface area contributed by atoms with Crippen molar-refractivity contribution in [2.24, 2.45) is 11.8 Å². The molecule has 2 unspecified atom stereocenters. The first kappa shape index (κ1) is 17.8. The van der Waals surface area contributed by atoms with E-state index in [4.69, 9.17) is 0 Å². The second-order valence-electron chi connectivity index (χ2n) is 6.64. The summed E-state index contributed by atoms with van der Waals surface area (Å²) in [6.07, 6.45) is 0.904. The number of amides is 1. The molecule has 23 heavy (non-hydrogen) atoms. The molecule has 0 radical (unpaired) electrons. The van der Waals surface area contributed by atoms with Gasteiger partial charge in [0.2, 0.25) is 5.91 Å². The molecule has 0 aromatic heterocycles. The average Bonchev–Trinajstić information content (AvgIpc) is 2.83. The molecule has 128 valence electrons. The number of hydrogen-bond donors (Lipinski definition) is 2. The predicted molar refractivity (Wildman–Crippen MR) is 93.1 cm³/mol. The first-order valence-electron chi connectivity index (χ1n) is 8.14. The van der Waals surface area contributed by atoms with E-state index in [1.54, 1.807) is 0 Å². The van der Waals surface area contributed by atoms with Gasteiger partial charge in [-0.1, -0.05) is 32.0 Å². The van der Waals surface area contributed by atoms with Crippen molar-refractivity contribution in [1.29, 1.82) is 0 Å². The van der Waals surface area contributed by atoms with Crippen molar-refractivity contribution >= 4 is 21.4 Å². The molecule has 1 amide bonds. The highest BCUT2D eigenvalue weighted by atomic mass is 32.2. The third-order valence-corrected chi connectivity index (χ3v) is 6.09. The van der Waals surface area contributed by atoms with Gasteiger partial charge in [-0.25, -0.2) is 8.42 Å². The Labute approximate surface area is 138 Å². The van der Waals surface area contributed by atoms with Gasteiger partial charge in [0.15, 0.2) is 9.84 Å². The molecule has 0 saturated carbocycles. The number of nitrogens with one attached hydrogen (secondary N) is 2. The van der Waals surface area contributed by atoms with E-state index < -0.39 is 9.84 Å². The molecule has 2 rings (SSSR count). The van der Waals surface area contributed by atoms with Crippen molar-refractivity contribution in [2.45, 2.75) is 32.7 Å². The lowest BCUT2D eigenvalue weighted by molar-refractivity contribution is -0.121. The van der Waals surface area contributed by atoms with E-state index in [-0.39, 0.29) is 29.4 Å².